The molecule has 0 aliphatic carbocycles. The van der Waals surface area contributed by atoms with E-state index in [1.54, 1.807) is 6.20 Å². The fourth-order valence-electron chi connectivity index (χ4n) is 1.89. The van der Waals surface area contributed by atoms with Gasteiger partial charge >= 0.3 is 0 Å². The minimum atomic E-state index is -0.422. The first kappa shape index (κ1) is 16.8. The number of benzene rings is 1. The number of nitrogens with zero attached hydrogens (tertiary/aromatic N) is 2. The minimum absolute atomic E-state index is 0.138. The molecule has 120 valence electrons. The van der Waals surface area contributed by atoms with E-state index in [0.717, 1.165) is 4.88 Å². The molecule has 1 heterocycles. The second kappa shape index (κ2) is 7.64. The second-order valence-corrected chi connectivity index (χ2v) is 6.04. The van der Waals surface area contributed by atoms with Crippen LogP contribution in [-0.4, -0.2) is 34.8 Å². The first-order chi connectivity index (χ1) is 11.0. The molecule has 0 spiro atoms. The van der Waals surface area contributed by atoms with Gasteiger partial charge in [-0.2, -0.15) is 0 Å². The Bertz CT molecular complexity index is 712. The van der Waals surface area contributed by atoms with Crippen LogP contribution in [0.3, 0.4) is 0 Å². The van der Waals surface area contributed by atoms with Crippen LogP contribution < -0.4 is 5.32 Å². The Hall–Kier alpha value is -2.54. The zero-order chi connectivity index (χ0) is 16.8. The van der Waals surface area contributed by atoms with Crippen LogP contribution in [0.5, 0.6) is 0 Å². The van der Waals surface area contributed by atoms with Gasteiger partial charge in [-0.3, -0.25) is 9.59 Å². The van der Waals surface area contributed by atoms with Crippen LogP contribution in [0.2, 0.25) is 0 Å². The predicted molar refractivity (Wildman–Crippen MR) is 88.0 cm³/mol. The lowest BCUT2D eigenvalue weighted by Crippen LogP contribution is -2.38. The highest BCUT2D eigenvalue weighted by molar-refractivity contribution is 7.15. The molecule has 2 amide bonds. The number of carbonyl (C=O) groups excluding carboxylic acids is 2. The number of halogens is 1. The molecule has 0 unspecified atom stereocenters. The molecule has 0 saturated heterocycles. The number of thiazole rings is 1. The molecule has 0 fully saturated rings. The van der Waals surface area contributed by atoms with E-state index in [0.29, 0.717) is 10.7 Å². The van der Waals surface area contributed by atoms with Crippen molar-refractivity contribution in [3.05, 3.63) is 59.4 Å². The van der Waals surface area contributed by atoms with E-state index >= 15 is 0 Å². The summed E-state index contributed by atoms with van der Waals surface area (Å²) in [6, 6.07) is 5.18. The SMILES string of the molecule is C=CCN(CC(=O)Nc1ncc(C)s1)C(=O)c1ccc(F)cc1. The maximum atomic E-state index is 12.9. The smallest absolute Gasteiger partial charge is 0.254 e. The topological polar surface area (TPSA) is 62.3 Å². The summed E-state index contributed by atoms with van der Waals surface area (Å²) in [6.45, 7) is 5.54. The Morgan fingerprint density at radius 2 is 2.09 bits per heavy atom. The van der Waals surface area contributed by atoms with Gasteiger partial charge in [0.25, 0.3) is 5.91 Å². The van der Waals surface area contributed by atoms with Gasteiger partial charge in [0.05, 0.1) is 0 Å². The van der Waals surface area contributed by atoms with Crippen LogP contribution in [0, 0.1) is 12.7 Å². The minimum Gasteiger partial charge on any atom is -0.326 e. The lowest BCUT2D eigenvalue weighted by molar-refractivity contribution is -0.116. The van der Waals surface area contributed by atoms with E-state index in [-0.39, 0.29) is 24.9 Å². The summed E-state index contributed by atoms with van der Waals surface area (Å²) in [5.41, 5.74) is 0.311. The summed E-state index contributed by atoms with van der Waals surface area (Å²) in [7, 11) is 0. The van der Waals surface area contributed by atoms with Crippen molar-refractivity contribution in [1.82, 2.24) is 9.88 Å². The molecular weight excluding hydrogens is 317 g/mol. The van der Waals surface area contributed by atoms with Crippen molar-refractivity contribution in [2.45, 2.75) is 6.92 Å². The average molecular weight is 333 g/mol. The largest absolute Gasteiger partial charge is 0.326 e. The molecule has 1 aromatic carbocycles. The summed E-state index contributed by atoms with van der Waals surface area (Å²) >= 11 is 1.35. The van der Waals surface area contributed by atoms with Crippen molar-refractivity contribution in [2.75, 3.05) is 18.4 Å². The molecule has 0 aliphatic heterocycles. The summed E-state index contributed by atoms with van der Waals surface area (Å²) in [6.07, 6.45) is 3.19. The lowest BCUT2D eigenvalue weighted by atomic mass is 10.2. The molecule has 5 nitrogen and oxygen atoms in total. The molecule has 2 rings (SSSR count). The highest BCUT2D eigenvalue weighted by atomic mass is 32.1. The Morgan fingerprint density at radius 1 is 1.39 bits per heavy atom. The van der Waals surface area contributed by atoms with Gasteiger partial charge in [-0.15, -0.1) is 17.9 Å². The van der Waals surface area contributed by atoms with Gasteiger partial charge in [-0.05, 0) is 31.2 Å². The molecular formula is C16H16FN3O2S. The van der Waals surface area contributed by atoms with Gasteiger partial charge in [-0.25, -0.2) is 9.37 Å². The second-order valence-electron chi connectivity index (χ2n) is 4.81. The average Bonchev–Trinajstić information content (AvgIpc) is 2.92. The first-order valence-corrected chi connectivity index (χ1v) is 7.69. The molecule has 7 heteroatoms. The first-order valence-electron chi connectivity index (χ1n) is 6.87. The third-order valence-corrected chi connectivity index (χ3v) is 3.76. The number of amides is 2. The molecule has 0 aliphatic rings. The Balaban J connectivity index is 2.05. The molecule has 1 aromatic heterocycles. The number of hydrogen-bond acceptors (Lipinski definition) is 4. The Kier molecular flexibility index (Phi) is 5.59. The standard InChI is InChI=1S/C16H16FN3O2S/c1-3-8-20(15(22)12-4-6-13(17)7-5-12)10-14(21)19-16-18-9-11(2)23-16/h3-7,9H,1,8,10H2,2H3,(H,18,19,21). The van der Waals surface area contributed by atoms with Gasteiger partial charge in [0.15, 0.2) is 5.13 Å². The van der Waals surface area contributed by atoms with Gasteiger partial charge in [-0.1, -0.05) is 6.08 Å². The Morgan fingerprint density at radius 3 is 2.65 bits per heavy atom. The molecule has 0 radical (unpaired) electrons. The van der Waals surface area contributed by atoms with E-state index in [9.17, 15) is 14.0 Å². The number of hydrogen-bond donors (Lipinski definition) is 1. The maximum absolute atomic E-state index is 12.9. The van der Waals surface area contributed by atoms with Gasteiger partial charge in [0.1, 0.15) is 12.4 Å². The van der Waals surface area contributed by atoms with Crippen molar-refractivity contribution in [2.24, 2.45) is 0 Å². The Labute approximate surface area is 137 Å². The van der Waals surface area contributed by atoms with Crippen LogP contribution in [0.25, 0.3) is 0 Å². The van der Waals surface area contributed by atoms with E-state index < -0.39 is 5.82 Å². The predicted octanol–water partition coefficient (Wildman–Crippen LogP) is 2.86. The number of rotatable bonds is 6. The fraction of sp³-hybridized carbons (Fsp3) is 0.188. The van der Waals surface area contributed by atoms with Crippen LogP contribution in [0.4, 0.5) is 9.52 Å². The van der Waals surface area contributed by atoms with E-state index in [1.807, 2.05) is 6.92 Å². The molecule has 0 atom stereocenters. The van der Waals surface area contributed by atoms with Crippen molar-refractivity contribution in [1.29, 1.82) is 0 Å². The maximum Gasteiger partial charge on any atom is 0.254 e. The monoisotopic (exact) mass is 333 g/mol. The van der Waals surface area contributed by atoms with Gasteiger partial charge in [0.2, 0.25) is 5.91 Å². The zero-order valence-electron chi connectivity index (χ0n) is 12.6. The van der Waals surface area contributed by atoms with Gasteiger partial charge in [0, 0.05) is 23.2 Å². The van der Waals surface area contributed by atoms with Crippen molar-refractivity contribution < 1.29 is 14.0 Å². The highest BCUT2D eigenvalue weighted by Crippen LogP contribution is 2.16. The van der Waals surface area contributed by atoms with Crippen LogP contribution in [0.1, 0.15) is 15.2 Å². The lowest BCUT2D eigenvalue weighted by Gasteiger charge is -2.20. The van der Waals surface area contributed by atoms with E-state index in [4.69, 9.17) is 0 Å². The molecule has 2 aromatic rings. The normalized spacial score (nSPS) is 10.2. The van der Waals surface area contributed by atoms with E-state index in [2.05, 4.69) is 16.9 Å². The van der Waals surface area contributed by atoms with Crippen molar-refractivity contribution in [3.63, 3.8) is 0 Å². The molecule has 0 bridgehead atoms. The number of nitrogens with one attached hydrogen (secondary N) is 1. The number of aryl methyl sites for hydroxylation is 1. The van der Waals surface area contributed by atoms with Crippen LogP contribution in [-0.2, 0) is 4.79 Å². The molecule has 23 heavy (non-hydrogen) atoms. The van der Waals surface area contributed by atoms with Crippen LogP contribution in [0.15, 0.2) is 43.1 Å². The fourth-order valence-corrected chi connectivity index (χ4v) is 2.58. The van der Waals surface area contributed by atoms with Crippen LogP contribution >= 0.6 is 11.3 Å². The quantitative estimate of drug-likeness (QED) is 0.827. The molecule has 0 saturated carbocycles. The number of anilines is 1. The summed E-state index contributed by atoms with van der Waals surface area (Å²) in [5, 5.41) is 3.13. The van der Waals surface area contributed by atoms with Crippen molar-refractivity contribution >= 4 is 28.3 Å². The summed E-state index contributed by atoms with van der Waals surface area (Å²) in [4.78, 5) is 30.8. The van der Waals surface area contributed by atoms with E-state index in [1.165, 1.54) is 46.6 Å². The van der Waals surface area contributed by atoms with Crippen molar-refractivity contribution in [3.8, 4) is 0 Å². The number of aromatic nitrogens is 1. The number of carbonyl (C=O) groups is 2. The zero-order valence-corrected chi connectivity index (χ0v) is 13.4. The highest BCUT2D eigenvalue weighted by Gasteiger charge is 2.18. The third kappa shape index (κ3) is 4.72. The summed E-state index contributed by atoms with van der Waals surface area (Å²) < 4.78 is 12.9. The van der Waals surface area contributed by atoms with Gasteiger partial charge < -0.3 is 10.2 Å². The summed E-state index contributed by atoms with van der Waals surface area (Å²) in [5.74, 6) is -1.14. The third-order valence-electron chi connectivity index (χ3n) is 2.93. The molecule has 1 N–H and O–H groups in total.